The zero-order chi connectivity index (χ0) is 14.4. The molecular formula is C14H15N3O3. The molecule has 1 N–H and O–H groups in total. The Morgan fingerprint density at radius 3 is 2.60 bits per heavy atom. The van der Waals surface area contributed by atoms with E-state index >= 15 is 0 Å². The first kappa shape index (κ1) is 13.8. The highest BCUT2D eigenvalue weighted by Gasteiger charge is 2.11. The van der Waals surface area contributed by atoms with E-state index in [0.29, 0.717) is 5.69 Å². The smallest absolute Gasteiger partial charge is 0.319 e. The number of ether oxygens (including phenoxy) is 2. The number of anilines is 1. The van der Waals surface area contributed by atoms with Gasteiger partial charge in [-0.2, -0.15) is 4.98 Å². The van der Waals surface area contributed by atoms with Gasteiger partial charge in [0.25, 0.3) is 0 Å². The van der Waals surface area contributed by atoms with Gasteiger partial charge in [0.05, 0.1) is 26.8 Å². The van der Waals surface area contributed by atoms with Crippen molar-refractivity contribution in [3.05, 3.63) is 42.1 Å². The molecular weight excluding hydrogens is 258 g/mol. The number of nitrogens with one attached hydrogen (secondary N) is 1. The second-order valence-electron chi connectivity index (χ2n) is 3.99. The number of hydrogen-bond donors (Lipinski definition) is 1. The molecule has 0 fully saturated rings. The van der Waals surface area contributed by atoms with Crippen LogP contribution >= 0.6 is 0 Å². The molecule has 1 aromatic carbocycles. The number of nitrogens with zero attached hydrogens (tertiary/aromatic N) is 2. The second kappa shape index (κ2) is 6.51. The van der Waals surface area contributed by atoms with Crippen molar-refractivity contribution >= 4 is 11.6 Å². The molecule has 0 saturated carbocycles. The lowest BCUT2D eigenvalue weighted by molar-refractivity contribution is -0.115. The Kier molecular flexibility index (Phi) is 4.49. The quantitative estimate of drug-likeness (QED) is 0.897. The van der Waals surface area contributed by atoms with Gasteiger partial charge in [0.2, 0.25) is 11.8 Å². The number of carbonyl (C=O) groups is 1. The summed E-state index contributed by atoms with van der Waals surface area (Å²) in [6.45, 7) is 0. The number of methoxy groups -OCH3 is 2. The van der Waals surface area contributed by atoms with Gasteiger partial charge in [0, 0.05) is 0 Å². The van der Waals surface area contributed by atoms with Crippen LogP contribution in [-0.2, 0) is 11.2 Å². The molecule has 0 saturated heterocycles. The van der Waals surface area contributed by atoms with Crippen molar-refractivity contribution in [3.8, 4) is 11.9 Å². The van der Waals surface area contributed by atoms with Crippen molar-refractivity contribution in [1.82, 2.24) is 9.97 Å². The van der Waals surface area contributed by atoms with Gasteiger partial charge in [-0.3, -0.25) is 4.79 Å². The standard InChI is InChI=1S/C14H15N3O3/c1-19-13-11(9-15-14(17-13)20-2)16-12(18)8-10-6-4-3-5-7-10/h3-7,9H,8H2,1-2H3,(H,16,18). The summed E-state index contributed by atoms with van der Waals surface area (Å²) in [5, 5.41) is 2.72. The largest absolute Gasteiger partial charge is 0.479 e. The van der Waals surface area contributed by atoms with Gasteiger partial charge < -0.3 is 14.8 Å². The minimum atomic E-state index is -0.164. The molecule has 0 aliphatic carbocycles. The van der Waals surface area contributed by atoms with Crippen molar-refractivity contribution < 1.29 is 14.3 Å². The van der Waals surface area contributed by atoms with Gasteiger partial charge in [-0.05, 0) is 5.56 Å². The lowest BCUT2D eigenvalue weighted by atomic mass is 10.1. The zero-order valence-corrected chi connectivity index (χ0v) is 11.3. The van der Waals surface area contributed by atoms with Crippen LogP contribution in [0.1, 0.15) is 5.56 Å². The summed E-state index contributed by atoms with van der Waals surface area (Å²) in [6.07, 6.45) is 1.73. The van der Waals surface area contributed by atoms with E-state index in [-0.39, 0.29) is 24.2 Å². The first-order valence-electron chi connectivity index (χ1n) is 6.01. The van der Waals surface area contributed by atoms with E-state index in [1.807, 2.05) is 30.3 Å². The Bertz CT molecular complexity index is 587. The van der Waals surface area contributed by atoms with E-state index < -0.39 is 0 Å². The molecule has 6 nitrogen and oxygen atoms in total. The number of benzene rings is 1. The summed E-state index contributed by atoms with van der Waals surface area (Å²) in [5.74, 6) is 0.0986. The maximum atomic E-state index is 12.0. The van der Waals surface area contributed by atoms with Gasteiger partial charge in [0.1, 0.15) is 5.69 Å². The molecule has 0 radical (unpaired) electrons. The number of amides is 1. The topological polar surface area (TPSA) is 73.3 Å². The minimum absolute atomic E-state index is 0.164. The monoisotopic (exact) mass is 273 g/mol. The van der Waals surface area contributed by atoms with E-state index in [9.17, 15) is 4.79 Å². The number of rotatable bonds is 5. The fourth-order valence-electron chi connectivity index (χ4n) is 1.67. The predicted molar refractivity (Wildman–Crippen MR) is 73.9 cm³/mol. The van der Waals surface area contributed by atoms with Crippen molar-refractivity contribution in [2.45, 2.75) is 6.42 Å². The van der Waals surface area contributed by atoms with Crippen LogP contribution in [0.3, 0.4) is 0 Å². The average Bonchev–Trinajstić information content (AvgIpc) is 2.48. The maximum Gasteiger partial charge on any atom is 0.319 e. The lowest BCUT2D eigenvalue weighted by Crippen LogP contribution is -2.15. The molecule has 1 aromatic heterocycles. The van der Waals surface area contributed by atoms with Gasteiger partial charge in [0.15, 0.2) is 0 Å². The number of aromatic nitrogens is 2. The molecule has 0 spiro atoms. The normalized spacial score (nSPS) is 9.90. The number of hydrogen-bond acceptors (Lipinski definition) is 5. The van der Waals surface area contributed by atoms with E-state index in [2.05, 4.69) is 15.3 Å². The average molecular weight is 273 g/mol. The Morgan fingerprint density at radius 2 is 1.95 bits per heavy atom. The van der Waals surface area contributed by atoms with Gasteiger partial charge >= 0.3 is 6.01 Å². The highest BCUT2D eigenvalue weighted by molar-refractivity contribution is 5.93. The van der Waals surface area contributed by atoms with Crippen LogP contribution in [-0.4, -0.2) is 30.1 Å². The molecule has 20 heavy (non-hydrogen) atoms. The fraction of sp³-hybridized carbons (Fsp3) is 0.214. The summed E-state index contributed by atoms with van der Waals surface area (Å²) in [7, 11) is 2.93. The molecule has 1 heterocycles. The highest BCUT2D eigenvalue weighted by Crippen LogP contribution is 2.22. The number of carbonyl (C=O) groups excluding carboxylic acids is 1. The van der Waals surface area contributed by atoms with Crippen molar-refractivity contribution in [2.24, 2.45) is 0 Å². The van der Waals surface area contributed by atoms with Crippen molar-refractivity contribution in [1.29, 1.82) is 0 Å². The van der Waals surface area contributed by atoms with Crippen LogP contribution in [0.15, 0.2) is 36.5 Å². The van der Waals surface area contributed by atoms with Crippen molar-refractivity contribution in [2.75, 3.05) is 19.5 Å². The fourth-order valence-corrected chi connectivity index (χ4v) is 1.67. The van der Waals surface area contributed by atoms with Gasteiger partial charge in [-0.1, -0.05) is 30.3 Å². The summed E-state index contributed by atoms with van der Waals surface area (Å²) >= 11 is 0. The Hall–Kier alpha value is -2.63. The first-order chi connectivity index (χ1) is 9.72. The molecule has 0 aliphatic rings. The molecule has 0 aliphatic heterocycles. The van der Waals surface area contributed by atoms with Gasteiger partial charge in [-0.25, -0.2) is 4.98 Å². The molecule has 0 atom stereocenters. The van der Waals surface area contributed by atoms with Crippen LogP contribution in [0.4, 0.5) is 5.69 Å². The Balaban J connectivity index is 2.07. The molecule has 0 bridgehead atoms. The van der Waals surface area contributed by atoms with E-state index in [0.717, 1.165) is 5.56 Å². The van der Waals surface area contributed by atoms with Gasteiger partial charge in [-0.15, -0.1) is 0 Å². The molecule has 0 unspecified atom stereocenters. The first-order valence-corrected chi connectivity index (χ1v) is 6.01. The summed E-state index contributed by atoms with van der Waals surface area (Å²) in [5.41, 5.74) is 1.34. The lowest BCUT2D eigenvalue weighted by Gasteiger charge is -2.09. The molecule has 6 heteroatoms. The zero-order valence-electron chi connectivity index (χ0n) is 11.3. The summed E-state index contributed by atoms with van der Waals surface area (Å²) in [4.78, 5) is 19.9. The second-order valence-corrected chi connectivity index (χ2v) is 3.99. The van der Waals surface area contributed by atoms with Crippen LogP contribution in [0, 0.1) is 0 Å². The minimum Gasteiger partial charge on any atom is -0.479 e. The maximum absolute atomic E-state index is 12.0. The van der Waals surface area contributed by atoms with Crippen LogP contribution in [0.25, 0.3) is 0 Å². The third-order valence-electron chi connectivity index (χ3n) is 2.59. The Morgan fingerprint density at radius 1 is 1.20 bits per heavy atom. The third-order valence-corrected chi connectivity index (χ3v) is 2.59. The molecule has 104 valence electrons. The molecule has 2 rings (SSSR count). The van der Waals surface area contributed by atoms with Crippen LogP contribution in [0.5, 0.6) is 11.9 Å². The Labute approximate surface area is 116 Å². The molecule has 2 aromatic rings. The van der Waals surface area contributed by atoms with Crippen LogP contribution in [0.2, 0.25) is 0 Å². The third kappa shape index (κ3) is 3.44. The summed E-state index contributed by atoms with van der Waals surface area (Å²) < 4.78 is 9.99. The predicted octanol–water partition coefficient (Wildman–Crippen LogP) is 1.67. The van der Waals surface area contributed by atoms with E-state index in [1.54, 1.807) is 0 Å². The molecule has 1 amide bonds. The van der Waals surface area contributed by atoms with Crippen LogP contribution < -0.4 is 14.8 Å². The highest BCUT2D eigenvalue weighted by atomic mass is 16.5. The van der Waals surface area contributed by atoms with Crippen molar-refractivity contribution in [3.63, 3.8) is 0 Å². The summed E-state index contributed by atoms with van der Waals surface area (Å²) in [6, 6.07) is 9.65. The van der Waals surface area contributed by atoms with E-state index in [4.69, 9.17) is 9.47 Å². The van der Waals surface area contributed by atoms with E-state index in [1.165, 1.54) is 20.4 Å². The SMILES string of the molecule is COc1ncc(NC(=O)Cc2ccccc2)c(OC)n1.